The predicted molar refractivity (Wildman–Crippen MR) is 110 cm³/mol. The Morgan fingerprint density at radius 1 is 1.13 bits per heavy atom. The van der Waals surface area contributed by atoms with E-state index >= 15 is 0 Å². The normalized spacial score (nSPS) is 23.4. The van der Waals surface area contributed by atoms with Crippen LogP contribution in [0.3, 0.4) is 0 Å². The first-order chi connectivity index (χ1) is 14.3. The van der Waals surface area contributed by atoms with Crippen LogP contribution in [-0.2, 0) is 15.7 Å². The molecule has 0 atom stereocenters. The lowest BCUT2D eigenvalue weighted by molar-refractivity contribution is -0.137. The van der Waals surface area contributed by atoms with E-state index in [1.54, 1.807) is 6.07 Å². The summed E-state index contributed by atoms with van der Waals surface area (Å²) in [6.45, 7) is 4.39. The summed E-state index contributed by atoms with van der Waals surface area (Å²) in [5.41, 5.74) is 0.0646. The number of rotatable bonds is 7. The highest BCUT2D eigenvalue weighted by atomic mass is 19.4. The molecule has 5 nitrogen and oxygen atoms in total. The monoisotopic (exact) mass is 427 g/mol. The first-order valence-corrected chi connectivity index (χ1v) is 10.8. The van der Waals surface area contributed by atoms with E-state index in [1.807, 2.05) is 4.90 Å². The molecule has 3 rings (SSSR count). The molecule has 2 fully saturated rings. The minimum atomic E-state index is -4.30. The topological polar surface area (TPSA) is 44.8 Å². The average molecular weight is 428 g/mol. The summed E-state index contributed by atoms with van der Waals surface area (Å²) in [4.78, 5) is 16.1. The third-order valence-electron chi connectivity index (χ3n) is 6.25. The zero-order chi connectivity index (χ0) is 21.6. The number of hydrogen-bond acceptors (Lipinski definition) is 4. The van der Waals surface area contributed by atoms with E-state index in [2.05, 4.69) is 10.2 Å². The number of carbonyl (C=O) groups is 1. The molecule has 1 saturated carbocycles. The Morgan fingerprint density at radius 2 is 1.83 bits per heavy atom. The van der Waals surface area contributed by atoms with Crippen LogP contribution < -0.4 is 10.2 Å². The van der Waals surface area contributed by atoms with Crippen LogP contribution in [0, 0.1) is 5.92 Å². The predicted octanol–water partition coefficient (Wildman–Crippen LogP) is 3.54. The molecular formula is C22H32F3N3O2. The summed E-state index contributed by atoms with van der Waals surface area (Å²) >= 11 is 0. The van der Waals surface area contributed by atoms with E-state index in [9.17, 15) is 18.0 Å². The summed E-state index contributed by atoms with van der Waals surface area (Å²) in [6, 6.07) is 5.88. The van der Waals surface area contributed by atoms with Crippen LogP contribution in [0.1, 0.15) is 37.7 Å². The van der Waals surface area contributed by atoms with Crippen molar-refractivity contribution in [1.82, 2.24) is 10.2 Å². The number of carbonyl (C=O) groups excluding carboxylic acids is 1. The largest absolute Gasteiger partial charge is 0.416 e. The Bertz CT molecular complexity index is 682. The lowest BCUT2D eigenvalue weighted by Crippen LogP contribution is -2.47. The molecule has 0 unspecified atom stereocenters. The number of amides is 1. The van der Waals surface area contributed by atoms with Gasteiger partial charge in [0, 0.05) is 45.0 Å². The van der Waals surface area contributed by atoms with Crippen molar-refractivity contribution >= 4 is 11.6 Å². The standard InChI is InChI=1S/C22H32F3N3O2/c1-30-16-21(29)26-19-7-5-17(6-8-19)9-10-27-11-13-28(14-12-27)20-4-2-3-18(15-20)22(23,24)25/h2-4,15,17,19H,5-14,16H2,1H3,(H,26,29)/t17-,19-. The Hall–Kier alpha value is -1.80. The average Bonchev–Trinajstić information content (AvgIpc) is 2.73. The van der Waals surface area contributed by atoms with Crippen molar-refractivity contribution in [3.63, 3.8) is 0 Å². The van der Waals surface area contributed by atoms with Gasteiger partial charge in [0.15, 0.2) is 0 Å². The van der Waals surface area contributed by atoms with Gasteiger partial charge in [0.05, 0.1) is 5.56 Å². The Balaban J connectivity index is 1.36. The van der Waals surface area contributed by atoms with Gasteiger partial charge in [0.1, 0.15) is 6.61 Å². The lowest BCUT2D eigenvalue weighted by Gasteiger charge is -2.37. The molecule has 30 heavy (non-hydrogen) atoms. The Morgan fingerprint density at radius 3 is 2.47 bits per heavy atom. The third-order valence-corrected chi connectivity index (χ3v) is 6.25. The zero-order valence-corrected chi connectivity index (χ0v) is 17.6. The van der Waals surface area contributed by atoms with Gasteiger partial charge in [-0.05, 0) is 62.8 Å². The minimum Gasteiger partial charge on any atom is -0.375 e. The first-order valence-electron chi connectivity index (χ1n) is 10.8. The fourth-order valence-electron chi connectivity index (χ4n) is 4.47. The highest BCUT2D eigenvalue weighted by Gasteiger charge is 2.31. The number of ether oxygens (including phenoxy) is 1. The fraction of sp³-hybridized carbons (Fsp3) is 0.682. The Kier molecular flexibility index (Phi) is 7.99. The summed E-state index contributed by atoms with van der Waals surface area (Å²) < 4.78 is 43.7. The Labute approximate surface area is 176 Å². The van der Waals surface area contributed by atoms with Crippen LogP contribution in [0.5, 0.6) is 0 Å². The van der Waals surface area contributed by atoms with E-state index in [0.717, 1.165) is 70.9 Å². The molecule has 1 aromatic carbocycles. The SMILES string of the molecule is COCC(=O)N[C@H]1CC[C@H](CCN2CCN(c3cccc(C(F)(F)F)c3)CC2)CC1. The number of piperazine rings is 1. The molecule has 168 valence electrons. The number of alkyl halides is 3. The van der Waals surface area contributed by atoms with Crippen molar-refractivity contribution in [2.45, 2.75) is 44.3 Å². The maximum atomic E-state index is 12.9. The molecule has 1 saturated heterocycles. The number of methoxy groups -OCH3 is 1. The number of anilines is 1. The zero-order valence-electron chi connectivity index (χ0n) is 17.6. The summed E-state index contributed by atoms with van der Waals surface area (Å²) in [6.07, 6.45) is 1.13. The molecule has 1 aromatic rings. The minimum absolute atomic E-state index is 0.0420. The smallest absolute Gasteiger partial charge is 0.375 e. The quantitative estimate of drug-likeness (QED) is 0.723. The molecule has 0 radical (unpaired) electrons. The molecule has 1 amide bonds. The molecule has 2 aliphatic rings. The van der Waals surface area contributed by atoms with Gasteiger partial charge in [-0.15, -0.1) is 0 Å². The van der Waals surface area contributed by atoms with Crippen molar-refractivity contribution in [2.24, 2.45) is 5.92 Å². The van der Waals surface area contributed by atoms with Gasteiger partial charge in [-0.3, -0.25) is 9.69 Å². The van der Waals surface area contributed by atoms with Crippen LogP contribution in [0.2, 0.25) is 0 Å². The number of hydrogen-bond donors (Lipinski definition) is 1. The first kappa shape index (κ1) is 22.9. The van der Waals surface area contributed by atoms with Crippen molar-refractivity contribution in [3.8, 4) is 0 Å². The van der Waals surface area contributed by atoms with E-state index in [-0.39, 0.29) is 18.6 Å². The second kappa shape index (κ2) is 10.5. The van der Waals surface area contributed by atoms with Crippen molar-refractivity contribution in [1.29, 1.82) is 0 Å². The van der Waals surface area contributed by atoms with Crippen LogP contribution >= 0.6 is 0 Å². The van der Waals surface area contributed by atoms with Gasteiger partial charge in [-0.2, -0.15) is 13.2 Å². The van der Waals surface area contributed by atoms with Crippen LogP contribution in [0.4, 0.5) is 18.9 Å². The van der Waals surface area contributed by atoms with Gasteiger partial charge >= 0.3 is 6.18 Å². The van der Waals surface area contributed by atoms with Crippen molar-refractivity contribution in [3.05, 3.63) is 29.8 Å². The van der Waals surface area contributed by atoms with E-state index < -0.39 is 11.7 Å². The molecule has 0 bridgehead atoms. The number of nitrogens with one attached hydrogen (secondary N) is 1. The fourth-order valence-corrected chi connectivity index (χ4v) is 4.47. The van der Waals surface area contributed by atoms with Gasteiger partial charge in [0.2, 0.25) is 5.91 Å². The summed E-state index contributed by atoms with van der Waals surface area (Å²) in [7, 11) is 1.52. The highest BCUT2D eigenvalue weighted by Crippen LogP contribution is 2.32. The van der Waals surface area contributed by atoms with Gasteiger partial charge in [-0.25, -0.2) is 0 Å². The molecule has 8 heteroatoms. The molecule has 1 aliphatic heterocycles. The van der Waals surface area contributed by atoms with Crippen LogP contribution in [0.25, 0.3) is 0 Å². The molecule has 0 spiro atoms. The molecule has 1 aliphatic carbocycles. The second-order valence-electron chi connectivity index (χ2n) is 8.38. The third kappa shape index (κ3) is 6.60. The molecular weight excluding hydrogens is 395 g/mol. The summed E-state index contributed by atoms with van der Waals surface area (Å²) in [5.74, 6) is 0.640. The van der Waals surface area contributed by atoms with Gasteiger partial charge in [-0.1, -0.05) is 6.07 Å². The number of halogens is 3. The number of benzene rings is 1. The molecule has 0 aromatic heterocycles. The molecule has 1 heterocycles. The van der Waals surface area contributed by atoms with E-state index in [4.69, 9.17) is 4.74 Å². The van der Waals surface area contributed by atoms with E-state index in [1.165, 1.54) is 19.2 Å². The summed E-state index contributed by atoms with van der Waals surface area (Å²) in [5, 5.41) is 3.03. The van der Waals surface area contributed by atoms with Gasteiger partial charge in [0.25, 0.3) is 0 Å². The van der Waals surface area contributed by atoms with Crippen LogP contribution in [0.15, 0.2) is 24.3 Å². The van der Waals surface area contributed by atoms with Crippen molar-refractivity contribution in [2.75, 3.05) is 51.3 Å². The van der Waals surface area contributed by atoms with Crippen molar-refractivity contribution < 1.29 is 22.7 Å². The maximum Gasteiger partial charge on any atom is 0.416 e. The van der Waals surface area contributed by atoms with Crippen LogP contribution in [-0.4, -0.2) is 63.3 Å². The maximum absolute atomic E-state index is 12.9. The molecule has 1 N–H and O–H groups in total. The second-order valence-corrected chi connectivity index (χ2v) is 8.38. The van der Waals surface area contributed by atoms with E-state index in [0.29, 0.717) is 11.6 Å². The highest BCUT2D eigenvalue weighted by molar-refractivity contribution is 5.77. The number of nitrogens with zero attached hydrogens (tertiary/aromatic N) is 2. The van der Waals surface area contributed by atoms with Gasteiger partial charge < -0.3 is 15.0 Å². The lowest BCUT2D eigenvalue weighted by atomic mass is 9.84.